The van der Waals surface area contributed by atoms with E-state index in [9.17, 15) is 9.59 Å². The Balaban J connectivity index is 1.38. The zero-order valence-electron chi connectivity index (χ0n) is 17.0. The Morgan fingerprint density at radius 2 is 2.00 bits per heavy atom. The van der Waals surface area contributed by atoms with Crippen LogP contribution >= 0.6 is 11.6 Å². The van der Waals surface area contributed by atoms with Gasteiger partial charge in [0.05, 0.1) is 18.5 Å². The molecular formula is C22H19ClN4O5. The number of aromatic nitrogens is 2. The lowest BCUT2D eigenvalue weighted by atomic mass is 10.3. The quantitative estimate of drug-likeness (QED) is 0.416. The van der Waals surface area contributed by atoms with Gasteiger partial charge < -0.3 is 24.2 Å². The fourth-order valence-electron chi connectivity index (χ4n) is 2.88. The van der Waals surface area contributed by atoms with Gasteiger partial charge in [-0.15, -0.1) is 0 Å². The average Bonchev–Trinajstić information content (AvgIpc) is 3.52. The summed E-state index contributed by atoms with van der Waals surface area (Å²) in [5.74, 6) is 0.737. The third kappa shape index (κ3) is 5.19. The highest BCUT2D eigenvalue weighted by Crippen LogP contribution is 2.20. The van der Waals surface area contributed by atoms with Gasteiger partial charge in [-0.3, -0.25) is 14.3 Å². The van der Waals surface area contributed by atoms with Crippen LogP contribution in [0.4, 0.5) is 5.69 Å². The Morgan fingerprint density at radius 1 is 1.12 bits per heavy atom. The van der Waals surface area contributed by atoms with Crippen LogP contribution in [-0.4, -0.2) is 21.6 Å². The van der Waals surface area contributed by atoms with Crippen LogP contribution in [0, 0.1) is 0 Å². The summed E-state index contributed by atoms with van der Waals surface area (Å²) < 4.78 is 17.8. The van der Waals surface area contributed by atoms with E-state index in [-0.39, 0.29) is 30.3 Å². The fraction of sp³-hybridized carbons (Fsp3) is 0.136. The predicted octanol–water partition coefficient (Wildman–Crippen LogP) is 4.02. The normalized spacial score (nSPS) is 10.7. The highest BCUT2D eigenvalue weighted by molar-refractivity contribution is 6.30. The second kappa shape index (κ2) is 9.44. The molecule has 0 radical (unpaired) electrons. The van der Waals surface area contributed by atoms with Crippen molar-refractivity contribution in [3.05, 3.63) is 89.0 Å². The van der Waals surface area contributed by atoms with Crippen LogP contribution in [0.15, 0.2) is 69.8 Å². The molecule has 4 aromatic rings. The lowest BCUT2D eigenvalue weighted by molar-refractivity contribution is 0.0943. The molecule has 164 valence electrons. The van der Waals surface area contributed by atoms with Crippen LogP contribution in [0.1, 0.15) is 32.6 Å². The van der Waals surface area contributed by atoms with Gasteiger partial charge in [0, 0.05) is 18.3 Å². The van der Waals surface area contributed by atoms with Crippen molar-refractivity contribution in [1.29, 1.82) is 0 Å². The lowest BCUT2D eigenvalue weighted by Gasteiger charge is -2.05. The van der Waals surface area contributed by atoms with E-state index in [0.29, 0.717) is 22.3 Å². The third-order valence-electron chi connectivity index (χ3n) is 4.36. The molecular weight excluding hydrogens is 436 g/mol. The Labute approximate surface area is 187 Å². The Kier molecular flexibility index (Phi) is 6.27. The highest BCUT2D eigenvalue weighted by Gasteiger charge is 2.20. The molecule has 3 aromatic heterocycles. The average molecular weight is 455 g/mol. The van der Waals surface area contributed by atoms with E-state index >= 15 is 0 Å². The smallest absolute Gasteiger partial charge is 0.291 e. The highest BCUT2D eigenvalue weighted by atomic mass is 35.5. The number of benzene rings is 1. The van der Waals surface area contributed by atoms with Crippen molar-refractivity contribution in [2.75, 3.05) is 5.32 Å². The van der Waals surface area contributed by atoms with Gasteiger partial charge >= 0.3 is 0 Å². The van der Waals surface area contributed by atoms with Gasteiger partial charge in [-0.25, -0.2) is 0 Å². The molecule has 32 heavy (non-hydrogen) atoms. The number of rotatable bonds is 8. The number of aryl methyl sites for hydroxylation is 1. The predicted molar refractivity (Wildman–Crippen MR) is 116 cm³/mol. The first-order valence-electron chi connectivity index (χ1n) is 9.60. The number of hydrogen-bond acceptors (Lipinski definition) is 6. The molecule has 9 nitrogen and oxygen atoms in total. The lowest BCUT2D eigenvalue weighted by Crippen LogP contribution is -2.25. The van der Waals surface area contributed by atoms with E-state index < -0.39 is 11.8 Å². The van der Waals surface area contributed by atoms with Crippen molar-refractivity contribution in [3.63, 3.8) is 0 Å². The van der Waals surface area contributed by atoms with Gasteiger partial charge in [0.15, 0.2) is 11.5 Å². The van der Waals surface area contributed by atoms with E-state index in [1.165, 1.54) is 23.2 Å². The van der Waals surface area contributed by atoms with Crippen LogP contribution in [0.2, 0.25) is 5.02 Å². The minimum Gasteiger partial charge on any atom is -0.486 e. The molecule has 0 spiro atoms. The van der Waals surface area contributed by atoms with Crippen molar-refractivity contribution < 1.29 is 23.2 Å². The van der Waals surface area contributed by atoms with Gasteiger partial charge in [-0.05, 0) is 42.5 Å². The van der Waals surface area contributed by atoms with Crippen LogP contribution in [0.5, 0.6) is 5.75 Å². The molecule has 0 saturated heterocycles. The summed E-state index contributed by atoms with van der Waals surface area (Å²) in [6, 6.07) is 13.6. The zero-order valence-corrected chi connectivity index (χ0v) is 17.8. The molecule has 0 unspecified atom stereocenters. The number of anilines is 1. The second-order valence-corrected chi connectivity index (χ2v) is 7.23. The zero-order chi connectivity index (χ0) is 22.5. The molecule has 10 heteroatoms. The van der Waals surface area contributed by atoms with Crippen LogP contribution in [0.3, 0.4) is 0 Å². The van der Waals surface area contributed by atoms with Gasteiger partial charge in [-0.1, -0.05) is 17.7 Å². The summed E-state index contributed by atoms with van der Waals surface area (Å²) in [7, 11) is 1.65. The number of carbonyl (C=O) groups is 2. The summed E-state index contributed by atoms with van der Waals surface area (Å²) in [4.78, 5) is 25.1. The summed E-state index contributed by atoms with van der Waals surface area (Å²) >= 11 is 5.94. The number of furan rings is 2. The van der Waals surface area contributed by atoms with Crippen molar-refractivity contribution >= 4 is 29.1 Å². The summed E-state index contributed by atoms with van der Waals surface area (Å²) in [6.07, 6.45) is 3.05. The van der Waals surface area contributed by atoms with E-state index in [4.69, 9.17) is 25.2 Å². The SMILES string of the molecule is Cn1cc(NC(=O)c2ccc(COc3cccc(Cl)c3)o2)c(C(=O)NCc2ccco2)n1. The first-order chi connectivity index (χ1) is 15.5. The molecule has 0 fully saturated rings. The van der Waals surface area contributed by atoms with Crippen molar-refractivity contribution in [2.24, 2.45) is 7.05 Å². The number of hydrogen-bond donors (Lipinski definition) is 2. The maximum absolute atomic E-state index is 12.6. The van der Waals surface area contributed by atoms with Crippen molar-refractivity contribution in [3.8, 4) is 5.75 Å². The molecule has 1 aromatic carbocycles. The van der Waals surface area contributed by atoms with Gasteiger partial charge in [-0.2, -0.15) is 5.10 Å². The Hall–Kier alpha value is -3.98. The van der Waals surface area contributed by atoms with E-state index in [1.807, 2.05) is 0 Å². The molecule has 0 bridgehead atoms. The number of nitrogens with zero attached hydrogens (tertiary/aromatic N) is 2. The molecule has 2 amide bonds. The Bertz CT molecular complexity index is 1230. The van der Waals surface area contributed by atoms with E-state index in [1.54, 1.807) is 49.5 Å². The monoisotopic (exact) mass is 454 g/mol. The van der Waals surface area contributed by atoms with E-state index in [2.05, 4.69) is 15.7 Å². The Morgan fingerprint density at radius 3 is 2.78 bits per heavy atom. The number of amides is 2. The van der Waals surface area contributed by atoms with Crippen LogP contribution in [-0.2, 0) is 20.2 Å². The number of halogens is 1. The minimum absolute atomic E-state index is 0.0699. The van der Waals surface area contributed by atoms with Crippen LogP contribution < -0.4 is 15.4 Å². The van der Waals surface area contributed by atoms with E-state index in [0.717, 1.165) is 0 Å². The van der Waals surface area contributed by atoms with Gasteiger partial charge in [0.2, 0.25) is 0 Å². The maximum Gasteiger partial charge on any atom is 0.291 e. The summed E-state index contributed by atoms with van der Waals surface area (Å²) in [5.41, 5.74) is 0.325. The molecule has 0 aliphatic carbocycles. The molecule has 0 atom stereocenters. The van der Waals surface area contributed by atoms with Gasteiger partial charge in [0.25, 0.3) is 11.8 Å². The standard InChI is InChI=1S/C22H19ClN4O5/c1-27-12-18(20(26-27)22(29)24-11-16-6-3-9-30-16)25-21(28)19-8-7-17(32-19)13-31-15-5-2-4-14(23)10-15/h2-10,12H,11,13H2,1H3,(H,24,29)(H,25,28). The molecule has 0 aliphatic heterocycles. The topological polar surface area (TPSA) is 112 Å². The molecule has 0 aliphatic rings. The number of nitrogens with one attached hydrogen (secondary N) is 2. The summed E-state index contributed by atoms with van der Waals surface area (Å²) in [5, 5.41) is 10.0. The van der Waals surface area contributed by atoms with Gasteiger partial charge in [0.1, 0.15) is 23.9 Å². The summed E-state index contributed by atoms with van der Waals surface area (Å²) in [6.45, 7) is 0.324. The molecule has 0 saturated carbocycles. The maximum atomic E-state index is 12.6. The number of carbonyl (C=O) groups excluding carboxylic acids is 2. The fourth-order valence-corrected chi connectivity index (χ4v) is 3.06. The van der Waals surface area contributed by atoms with Crippen molar-refractivity contribution in [1.82, 2.24) is 15.1 Å². The molecule has 2 N–H and O–H groups in total. The molecule has 4 rings (SSSR count). The third-order valence-corrected chi connectivity index (χ3v) is 4.59. The van der Waals surface area contributed by atoms with Crippen LogP contribution in [0.25, 0.3) is 0 Å². The second-order valence-electron chi connectivity index (χ2n) is 6.79. The minimum atomic E-state index is -0.521. The number of ether oxygens (including phenoxy) is 1. The largest absolute Gasteiger partial charge is 0.486 e. The first-order valence-corrected chi connectivity index (χ1v) is 9.98. The van der Waals surface area contributed by atoms with Crippen molar-refractivity contribution in [2.45, 2.75) is 13.2 Å². The first kappa shape index (κ1) is 21.3. The molecule has 3 heterocycles.